The van der Waals surface area contributed by atoms with E-state index in [4.69, 9.17) is 25.5 Å². The first-order valence-electron chi connectivity index (χ1n) is 11.2. The molecule has 2 heterocycles. The normalized spacial score (nSPS) is 15.0. The largest absolute Gasteiger partial charge is 0.471 e. The summed E-state index contributed by atoms with van der Waals surface area (Å²) in [6.07, 6.45) is 3.73. The van der Waals surface area contributed by atoms with Crippen molar-refractivity contribution < 1.29 is 13.9 Å². The molecule has 0 saturated heterocycles. The molecule has 6 heteroatoms. The van der Waals surface area contributed by atoms with Gasteiger partial charge in [-0.05, 0) is 73.7 Å². The van der Waals surface area contributed by atoms with Crippen LogP contribution in [0, 0.1) is 0 Å². The minimum absolute atomic E-state index is 0.235. The van der Waals surface area contributed by atoms with Crippen LogP contribution in [0.3, 0.4) is 0 Å². The molecule has 0 spiro atoms. The molecule has 0 unspecified atom stereocenters. The van der Waals surface area contributed by atoms with Crippen molar-refractivity contribution in [3.05, 3.63) is 92.8 Å². The van der Waals surface area contributed by atoms with E-state index in [0.29, 0.717) is 29.6 Å². The van der Waals surface area contributed by atoms with Gasteiger partial charge in [-0.25, -0.2) is 4.79 Å². The van der Waals surface area contributed by atoms with Crippen LogP contribution in [0.4, 0.5) is 5.69 Å². The van der Waals surface area contributed by atoms with Gasteiger partial charge in [0.1, 0.15) is 22.8 Å². The third kappa shape index (κ3) is 3.62. The molecular formula is C27H22ClNO4. The third-order valence-electron chi connectivity index (χ3n) is 6.41. The van der Waals surface area contributed by atoms with Crippen molar-refractivity contribution in [3.63, 3.8) is 0 Å². The van der Waals surface area contributed by atoms with E-state index in [1.165, 1.54) is 0 Å². The van der Waals surface area contributed by atoms with Crippen molar-refractivity contribution in [2.24, 2.45) is 0 Å². The van der Waals surface area contributed by atoms with Gasteiger partial charge in [0.15, 0.2) is 6.73 Å². The zero-order valence-electron chi connectivity index (χ0n) is 18.0. The molecule has 1 aliphatic heterocycles. The van der Waals surface area contributed by atoms with Crippen molar-refractivity contribution in [3.8, 4) is 17.2 Å². The number of halogens is 1. The summed E-state index contributed by atoms with van der Waals surface area (Å²) in [6, 6.07) is 19.4. The maximum Gasteiger partial charge on any atom is 0.339 e. The average Bonchev–Trinajstić information content (AvgIpc) is 2.86. The van der Waals surface area contributed by atoms with Crippen LogP contribution in [-0.4, -0.2) is 6.73 Å². The lowest BCUT2D eigenvalue weighted by atomic mass is 9.90. The van der Waals surface area contributed by atoms with Crippen LogP contribution in [0.1, 0.15) is 29.5 Å². The number of nitrogens with zero attached hydrogens (tertiary/aromatic N) is 1. The maximum absolute atomic E-state index is 12.7. The Bertz CT molecular complexity index is 1400. The van der Waals surface area contributed by atoms with E-state index in [1.807, 2.05) is 60.7 Å². The number of ether oxygens (including phenoxy) is 2. The summed E-state index contributed by atoms with van der Waals surface area (Å²) in [4.78, 5) is 14.8. The topological polar surface area (TPSA) is 51.9 Å². The monoisotopic (exact) mass is 459 g/mol. The molecule has 0 atom stereocenters. The third-order valence-corrected chi connectivity index (χ3v) is 6.69. The molecule has 4 aromatic rings. The number of benzene rings is 3. The second-order valence-electron chi connectivity index (χ2n) is 8.48. The second kappa shape index (κ2) is 8.16. The van der Waals surface area contributed by atoms with Crippen LogP contribution in [-0.2, 0) is 19.4 Å². The fourth-order valence-electron chi connectivity index (χ4n) is 4.78. The lowest BCUT2D eigenvalue weighted by molar-refractivity contribution is 0.289. The zero-order valence-corrected chi connectivity index (χ0v) is 18.7. The highest BCUT2D eigenvalue weighted by Crippen LogP contribution is 2.41. The molecule has 3 aromatic carbocycles. The minimum Gasteiger partial charge on any atom is -0.471 e. The van der Waals surface area contributed by atoms with Crippen molar-refractivity contribution in [2.45, 2.75) is 32.2 Å². The van der Waals surface area contributed by atoms with Gasteiger partial charge >= 0.3 is 5.63 Å². The lowest BCUT2D eigenvalue weighted by Gasteiger charge is -2.32. The average molecular weight is 460 g/mol. The van der Waals surface area contributed by atoms with Gasteiger partial charge in [0, 0.05) is 16.6 Å². The van der Waals surface area contributed by atoms with Gasteiger partial charge in [-0.1, -0.05) is 29.8 Å². The lowest BCUT2D eigenvalue weighted by Crippen LogP contribution is -2.32. The molecule has 0 N–H and O–H groups in total. The molecule has 0 radical (unpaired) electrons. The number of fused-ring (bicyclic) bond motifs is 5. The molecule has 0 bridgehead atoms. The molecule has 0 amide bonds. The van der Waals surface area contributed by atoms with Gasteiger partial charge in [-0.15, -0.1) is 0 Å². The van der Waals surface area contributed by atoms with Crippen LogP contribution >= 0.6 is 11.6 Å². The van der Waals surface area contributed by atoms with E-state index in [-0.39, 0.29) is 5.63 Å². The standard InChI is InChI=1S/C27H22ClNO4/c28-24-14-22-20-8-4-5-9-21(20)27(30)33-25(22)23-15-29(16-31-26(23)24)17-10-12-19(13-11-17)32-18-6-2-1-3-7-18/h1-3,6-7,10-14H,4-5,8-9,15-16H2. The molecule has 5 nitrogen and oxygen atoms in total. The zero-order chi connectivity index (χ0) is 22.4. The number of hydrogen-bond acceptors (Lipinski definition) is 5. The van der Waals surface area contributed by atoms with Gasteiger partial charge in [-0.2, -0.15) is 0 Å². The van der Waals surface area contributed by atoms with E-state index in [1.54, 1.807) is 0 Å². The molecule has 166 valence electrons. The van der Waals surface area contributed by atoms with Gasteiger partial charge in [0.2, 0.25) is 0 Å². The van der Waals surface area contributed by atoms with Gasteiger partial charge in [0.05, 0.1) is 17.1 Å². The fraction of sp³-hybridized carbons (Fsp3) is 0.222. The maximum atomic E-state index is 12.7. The Hall–Kier alpha value is -3.44. The summed E-state index contributed by atoms with van der Waals surface area (Å²) in [6.45, 7) is 0.888. The molecule has 0 saturated carbocycles. The number of aryl methyl sites for hydroxylation is 1. The second-order valence-corrected chi connectivity index (χ2v) is 8.88. The highest BCUT2D eigenvalue weighted by atomic mass is 35.5. The number of hydrogen-bond donors (Lipinski definition) is 0. The molecule has 1 aliphatic carbocycles. The number of rotatable bonds is 3. The van der Waals surface area contributed by atoms with E-state index in [9.17, 15) is 4.79 Å². The predicted octanol–water partition coefficient (Wildman–Crippen LogP) is 6.47. The summed E-state index contributed by atoms with van der Waals surface area (Å²) in [5.74, 6) is 2.15. The Balaban J connectivity index is 1.34. The number of para-hydroxylation sites is 1. The highest BCUT2D eigenvalue weighted by molar-refractivity contribution is 6.33. The van der Waals surface area contributed by atoms with E-state index < -0.39 is 0 Å². The van der Waals surface area contributed by atoms with Gasteiger partial charge < -0.3 is 18.8 Å². The van der Waals surface area contributed by atoms with Crippen LogP contribution in [0.25, 0.3) is 11.0 Å². The van der Waals surface area contributed by atoms with Crippen molar-refractivity contribution >= 4 is 28.3 Å². The van der Waals surface area contributed by atoms with E-state index >= 15 is 0 Å². The minimum atomic E-state index is -0.235. The fourth-order valence-corrected chi connectivity index (χ4v) is 5.06. The van der Waals surface area contributed by atoms with Crippen molar-refractivity contribution in [1.82, 2.24) is 0 Å². The molecule has 0 fully saturated rings. The SMILES string of the molecule is O=c1oc2c3c(c(Cl)cc2c2c1CCCC2)OCN(c1ccc(Oc2ccccc2)cc1)C3. The summed E-state index contributed by atoms with van der Waals surface area (Å²) in [5, 5.41) is 1.50. The van der Waals surface area contributed by atoms with E-state index in [2.05, 4.69) is 4.90 Å². The summed E-state index contributed by atoms with van der Waals surface area (Å²) in [5.41, 5.74) is 4.03. The molecule has 33 heavy (non-hydrogen) atoms. The molecular weight excluding hydrogens is 438 g/mol. The van der Waals surface area contributed by atoms with Crippen LogP contribution in [0.15, 0.2) is 69.9 Å². The Kier molecular flexibility index (Phi) is 4.99. The Morgan fingerprint density at radius 3 is 2.39 bits per heavy atom. The first-order chi connectivity index (χ1) is 16.2. The molecule has 1 aromatic heterocycles. The Morgan fingerprint density at radius 2 is 1.61 bits per heavy atom. The predicted molar refractivity (Wildman–Crippen MR) is 129 cm³/mol. The van der Waals surface area contributed by atoms with Crippen LogP contribution in [0.2, 0.25) is 5.02 Å². The smallest absolute Gasteiger partial charge is 0.339 e. The van der Waals surface area contributed by atoms with Crippen LogP contribution in [0.5, 0.6) is 17.2 Å². The van der Waals surface area contributed by atoms with Crippen molar-refractivity contribution in [1.29, 1.82) is 0 Å². The number of anilines is 1. The van der Waals surface area contributed by atoms with Crippen molar-refractivity contribution in [2.75, 3.05) is 11.6 Å². The summed E-state index contributed by atoms with van der Waals surface area (Å²) in [7, 11) is 0. The Morgan fingerprint density at radius 1 is 0.879 bits per heavy atom. The first kappa shape index (κ1) is 20.2. The Labute approximate surface area is 196 Å². The summed E-state index contributed by atoms with van der Waals surface area (Å²) < 4.78 is 17.8. The van der Waals surface area contributed by atoms with Gasteiger partial charge in [-0.3, -0.25) is 0 Å². The summed E-state index contributed by atoms with van der Waals surface area (Å²) >= 11 is 6.62. The van der Waals surface area contributed by atoms with Gasteiger partial charge in [0.25, 0.3) is 0 Å². The molecule has 2 aliphatic rings. The quantitative estimate of drug-likeness (QED) is 0.328. The van der Waals surface area contributed by atoms with E-state index in [0.717, 1.165) is 64.9 Å². The highest BCUT2D eigenvalue weighted by Gasteiger charge is 2.27. The first-order valence-corrected chi connectivity index (χ1v) is 11.6. The van der Waals surface area contributed by atoms with Crippen LogP contribution < -0.4 is 20.0 Å². The molecule has 6 rings (SSSR count).